The Balaban J connectivity index is 1.68. The Labute approximate surface area is 106 Å². The predicted molar refractivity (Wildman–Crippen MR) is 59.6 cm³/mol. The molecule has 0 bridgehead atoms. The van der Waals surface area contributed by atoms with Gasteiger partial charge in [-0.05, 0) is 27.7 Å². The molecule has 3 aliphatic rings. The largest absolute Gasteiger partial charge is 0.387 e. The van der Waals surface area contributed by atoms with Gasteiger partial charge in [-0.25, -0.2) is 0 Å². The van der Waals surface area contributed by atoms with Crippen molar-refractivity contribution >= 4 is 0 Å². The fraction of sp³-hybridized carbons (Fsp3) is 1.00. The molecular weight excluding hydrogens is 240 g/mol. The van der Waals surface area contributed by atoms with Gasteiger partial charge in [0.1, 0.15) is 24.4 Å². The summed E-state index contributed by atoms with van der Waals surface area (Å²) in [4.78, 5) is 0. The smallest absolute Gasteiger partial charge is 0.190 e. The van der Waals surface area contributed by atoms with Gasteiger partial charge in [0, 0.05) is 0 Å². The molecule has 0 spiro atoms. The zero-order chi connectivity index (χ0) is 13.1. The minimum absolute atomic E-state index is 0.295. The molecule has 3 rings (SSSR count). The third-order valence-electron chi connectivity index (χ3n) is 3.45. The summed E-state index contributed by atoms with van der Waals surface area (Å²) in [6.07, 6.45) is -2.53. The molecule has 5 atom stereocenters. The van der Waals surface area contributed by atoms with Crippen molar-refractivity contribution in [1.29, 1.82) is 0 Å². The fourth-order valence-corrected chi connectivity index (χ4v) is 2.70. The Morgan fingerprint density at radius 3 is 2.22 bits per heavy atom. The van der Waals surface area contributed by atoms with Crippen LogP contribution in [0.2, 0.25) is 0 Å². The zero-order valence-electron chi connectivity index (χ0n) is 11.1. The van der Waals surface area contributed by atoms with Crippen LogP contribution in [0.15, 0.2) is 0 Å². The van der Waals surface area contributed by atoms with E-state index in [9.17, 15) is 5.11 Å². The lowest BCUT2D eigenvalue weighted by Gasteiger charge is -2.26. The third kappa shape index (κ3) is 2.07. The standard InChI is InChI=1S/C12H20O6/c1-11(2)14-5-6(16-11)8-7(13)9-10(15-8)18-12(3,4)17-9/h6-10,13H,5H2,1-4H3/t6-,7-,8+,9?,10?/m0/s1. The van der Waals surface area contributed by atoms with Crippen molar-refractivity contribution in [2.75, 3.05) is 6.61 Å². The zero-order valence-corrected chi connectivity index (χ0v) is 11.1. The Morgan fingerprint density at radius 2 is 1.67 bits per heavy atom. The van der Waals surface area contributed by atoms with Gasteiger partial charge >= 0.3 is 0 Å². The van der Waals surface area contributed by atoms with Gasteiger partial charge in [0.2, 0.25) is 0 Å². The van der Waals surface area contributed by atoms with E-state index < -0.39 is 36.2 Å². The van der Waals surface area contributed by atoms with Gasteiger partial charge < -0.3 is 28.8 Å². The SMILES string of the molecule is CC1(C)OC2O[C@H]([C@@H]3COC(C)(C)O3)[C@H](O)C2O1. The molecule has 3 aliphatic heterocycles. The second kappa shape index (κ2) is 3.88. The Bertz CT molecular complexity index is 341. The van der Waals surface area contributed by atoms with E-state index >= 15 is 0 Å². The first kappa shape index (κ1) is 12.8. The van der Waals surface area contributed by atoms with Crippen LogP contribution in [-0.2, 0) is 23.7 Å². The molecule has 1 N–H and O–H groups in total. The second-order valence-corrected chi connectivity index (χ2v) is 5.93. The maximum absolute atomic E-state index is 10.3. The van der Waals surface area contributed by atoms with Gasteiger partial charge in [-0.2, -0.15) is 0 Å². The molecular formula is C12H20O6. The van der Waals surface area contributed by atoms with Gasteiger partial charge in [-0.15, -0.1) is 0 Å². The summed E-state index contributed by atoms with van der Waals surface area (Å²) in [5, 5.41) is 10.3. The van der Waals surface area contributed by atoms with Crippen molar-refractivity contribution < 1.29 is 28.8 Å². The van der Waals surface area contributed by atoms with Gasteiger partial charge in [-0.3, -0.25) is 0 Å². The highest BCUT2D eigenvalue weighted by molar-refractivity contribution is 4.97. The van der Waals surface area contributed by atoms with E-state index in [-0.39, 0.29) is 6.10 Å². The van der Waals surface area contributed by atoms with Crippen LogP contribution in [0.5, 0.6) is 0 Å². The normalized spacial score (nSPS) is 49.5. The van der Waals surface area contributed by atoms with Crippen molar-refractivity contribution in [3.8, 4) is 0 Å². The highest BCUT2D eigenvalue weighted by atomic mass is 16.8. The lowest BCUT2D eigenvalue weighted by molar-refractivity contribution is -0.232. The topological polar surface area (TPSA) is 66.4 Å². The molecule has 3 fully saturated rings. The lowest BCUT2D eigenvalue weighted by atomic mass is 10.1. The molecule has 2 unspecified atom stereocenters. The molecule has 0 aromatic carbocycles. The second-order valence-electron chi connectivity index (χ2n) is 5.93. The molecule has 104 valence electrons. The monoisotopic (exact) mass is 260 g/mol. The summed E-state index contributed by atoms with van der Waals surface area (Å²) in [5.74, 6) is -1.35. The summed E-state index contributed by atoms with van der Waals surface area (Å²) < 4.78 is 28.1. The van der Waals surface area contributed by atoms with Crippen molar-refractivity contribution in [3.63, 3.8) is 0 Å². The number of hydrogen-bond donors (Lipinski definition) is 1. The molecule has 0 aliphatic carbocycles. The molecule has 3 heterocycles. The number of aliphatic hydroxyl groups excluding tert-OH is 1. The van der Waals surface area contributed by atoms with Crippen LogP contribution in [0.4, 0.5) is 0 Å². The van der Waals surface area contributed by atoms with E-state index in [1.165, 1.54) is 0 Å². The first-order valence-electron chi connectivity index (χ1n) is 6.28. The maximum Gasteiger partial charge on any atom is 0.190 e. The van der Waals surface area contributed by atoms with Crippen LogP contribution in [0.1, 0.15) is 27.7 Å². The maximum atomic E-state index is 10.3. The van der Waals surface area contributed by atoms with E-state index in [2.05, 4.69) is 0 Å². The third-order valence-corrected chi connectivity index (χ3v) is 3.45. The van der Waals surface area contributed by atoms with Crippen LogP contribution < -0.4 is 0 Å². The minimum atomic E-state index is -0.765. The van der Waals surface area contributed by atoms with Crippen molar-refractivity contribution in [2.24, 2.45) is 0 Å². The minimum Gasteiger partial charge on any atom is -0.387 e. The average Bonchev–Trinajstić information content (AvgIpc) is 2.81. The van der Waals surface area contributed by atoms with Crippen LogP contribution in [-0.4, -0.2) is 54.0 Å². The number of ether oxygens (including phenoxy) is 5. The summed E-state index contributed by atoms with van der Waals surface area (Å²) in [6.45, 7) is 7.68. The van der Waals surface area contributed by atoms with E-state index in [0.717, 1.165) is 0 Å². The first-order valence-corrected chi connectivity index (χ1v) is 6.28. The Morgan fingerprint density at radius 1 is 0.944 bits per heavy atom. The Kier molecular flexibility index (Phi) is 2.75. The fourth-order valence-electron chi connectivity index (χ4n) is 2.70. The molecule has 6 nitrogen and oxygen atoms in total. The van der Waals surface area contributed by atoms with Crippen molar-refractivity contribution in [2.45, 2.75) is 70.0 Å². The molecule has 0 radical (unpaired) electrons. The van der Waals surface area contributed by atoms with E-state index in [1.54, 1.807) is 13.8 Å². The Hall–Kier alpha value is -0.240. The molecule has 0 aromatic rings. The number of hydrogen-bond acceptors (Lipinski definition) is 6. The van der Waals surface area contributed by atoms with Crippen LogP contribution in [0, 0.1) is 0 Å². The van der Waals surface area contributed by atoms with Gasteiger partial charge in [-0.1, -0.05) is 0 Å². The number of aliphatic hydroxyl groups is 1. The first-order chi connectivity index (χ1) is 8.27. The summed E-state index contributed by atoms with van der Waals surface area (Å²) in [5.41, 5.74) is 0. The number of fused-ring (bicyclic) bond motifs is 1. The highest BCUT2D eigenvalue weighted by Gasteiger charge is 2.57. The highest BCUT2D eigenvalue weighted by Crippen LogP contribution is 2.40. The predicted octanol–water partition coefficient (Wildman–Crippen LogP) is 0.375. The van der Waals surface area contributed by atoms with Crippen LogP contribution >= 0.6 is 0 Å². The van der Waals surface area contributed by atoms with Gasteiger partial charge in [0.15, 0.2) is 17.9 Å². The van der Waals surface area contributed by atoms with Gasteiger partial charge in [0.05, 0.1) is 6.61 Å². The summed E-state index contributed by atoms with van der Waals surface area (Å²) in [7, 11) is 0. The molecule has 6 heteroatoms. The summed E-state index contributed by atoms with van der Waals surface area (Å²) in [6, 6.07) is 0. The van der Waals surface area contributed by atoms with E-state index in [4.69, 9.17) is 23.7 Å². The quantitative estimate of drug-likeness (QED) is 0.735. The van der Waals surface area contributed by atoms with Crippen molar-refractivity contribution in [1.82, 2.24) is 0 Å². The molecule has 0 amide bonds. The van der Waals surface area contributed by atoms with E-state index in [1.807, 2.05) is 13.8 Å². The molecule has 3 saturated heterocycles. The average molecular weight is 260 g/mol. The molecule has 0 saturated carbocycles. The molecule has 18 heavy (non-hydrogen) atoms. The summed E-state index contributed by atoms with van der Waals surface area (Å²) >= 11 is 0. The van der Waals surface area contributed by atoms with Gasteiger partial charge in [0.25, 0.3) is 0 Å². The van der Waals surface area contributed by atoms with Crippen LogP contribution in [0.25, 0.3) is 0 Å². The van der Waals surface area contributed by atoms with Crippen molar-refractivity contribution in [3.05, 3.63) is 0 Å². The van der Waals surface area contributed by atoms with Crippen LogP contribution in [0.3, 0.4) is 0 Å². The lowest BCUT2D eigenvalue weighted by Crippen LogP contribution is -2.42. The van der Waals surface area contributed by atoms with E-state index in [0.29, 0.717) is 6.61 Å². The number of rotatable bonds is 1. The molecule has 0 aromatic heterocycles.